The van der Waals surface area contributed by atoms with Crippen LogP contribution in [0.2, 0.25) is 13.1 Å². The zero-order chi connectivity index (χ0) is 11.6. The summed E-state index contributed by atoms with van der Waals surface area (Å²) in [4.78, 5) is 0. The van der Waals surface area contributed by atoms with Crippen LogP contribution in [0.4, 0.5) is 0 Å². The van der Waals surface area contributed by atoms with E-state index in [1.807, 2.05) is 37.4 Å². The van der Waals surface area contributed by atoms with Crippen LogP contribution in [0.15, 0.2) is 36.5 Å². The Morgan fingerprint density at radius 3 is 1.31 bits per heavy atom. The normalized spacial score (nSPS) is 14.8. The molecule has 0 nitrogen and oxygen atoms in total. The van der Waals surface area contributed by atoms with Gasteiger partial charge in [-0.2, -0.15) is 12.2 Å². The SMILES string of the molecule is C[Si](C)(Cl)Cl.[C-]1=CC=CC1.[C-]1=CC=CC1.[Hf]. The van der Waals surface area contributed by atoms with E-state index in [1.54, 1.807) is 0 Å². The largest absolute Gasteiger partial charge is 0.273 e. The minimum absolute atomic E-state index is 0. The van der Waals surface area contributed by atoms with Crippen molar-refractivity contribution in [2.45, 2.75) is 25.9 Å². The first-order valence-corrected chi connectivity index (χ1v) is 9.84. The Labute approximate surface area is 128 Å². The number of hydrogen-bond donors (Lipinski definition) is 0. The second-order valence-corrected chi connectivity index (χ2v) is 12.2. The van der Waals surface area contributed by atoms with E-state index >= 15 is 0 Å². The summed E-state index contributed by atoms with van der Waals surface area (Å²) in [5, 5.41) is 0. The average Bonchev–Trinajstić information content (AvgIpc) is 2.81. The van der Waals surface area contributed by atoms with E-state index in [0.717, 1.165) is 12.8 Å². The maximum Gasteiger partial charge on any atom is 0.245 e. The van der Waals surface area contributed by atoms with Gasteiger partial charge in [-0.25, -0.2) is 24.3 Å². The van der Waals surface area contributed by atoms with E-state index in [4.69, 9.17) is 22.2 Å². The fraction of sp³-hybridized carbons (Fsp3) is 0.333. The Morgan fingerprint density at radius 1 is 0.938 bits per heavy atom. The molecule has 0 unspecified atom stereocenters. The monoisotopic (exact) mass is 438 g/mol. The van der Waals surface area contributed by atoms with Crippen LogP contribution >= 0.6 is 22.2 Å². The third-order valence-electron chi connectivity index (χ3n) is 1.17. The quantitative estimate of drug-likeness (QED) is 0.291. The van der Waals surface area contributed by atoms with Crippen LogP contribution in [0, 0.1) is 12.2 Å². The smallest absolute Gasteiger partial charge is 0.245 e. The molecule has 0 aliphatic heterocycles. The van der Waals surface area contributed by atoms with Gasteiger partial charge in [0, 0.05) is 25.8 Å². The van der Waals surface area contributed by atoms with E-state index in [9.17, 15) is 0 Å². The van der Waals surface area contributed by atoms with Gasteiger partial charge < -0.3 is 0 Å². The van der Waals surface area contributed by atoms with Gasteiger partial charge in [-0.15, -0.1) is 35.0 Å². The molecule has 2 rings (SSSR count). The topological polar surface area (TPSA) is 0 Å². The van der Waals surface area contributed by atoms with Gasteiger partial charge in [-0.3, -0.25) is 12.2 Å². The molecule has 0 saturated carbocycles. The van der Waals surface area contributed by atoms with Crippen LogP contribution < -0.4 is 0 Å². The molecule has 0 amide bonds. The average molecular weight is 438 g/mol. The minimum atomic E-state index is -1.67. The van der Waals surface area contributed by atoms with Crippen LogP contribution in [0.5, 0.6) is 0 Å². The zero-order valence-corrected chi connectivity index (χ0v) is 15.7. The maximum atomic E-state index is 5.43. The maximum absolute atomic E-state index is 5.43. The van der Waals surface area contributed by atoms with Crippen molar-refractivity contribution in [3.63, 3.8) is 0 Å². The van der Waals surface area contributed by atoms with Gasteiger partial charge in [-0.05, 0) is 13.1 Å². The second kappa shape index (κ2) is 12.1. The molecule has 2 aliphatic rings. The summed E-state index contributed by atoms with van der Waals surface area (Å²) >= 11 is 10.9. The van der Waals surface area contributed by atoms with E-state index in [2.05, 4.69) is 24.3 Å². The van der Waals surface area contributed by atoms with E-state index in [1.165, 1.54) is 0 Å². The summed E-state index contributed by atoms with van der Waals surface area (Å²) in [5.74, 6) is 0. The molecule has 0 bridgehead atoms. The van der Waals surface area contributed by atoms with Gasteiger partial charge >= 0.3 is 0 Å². The van der Waals surface area contributed by atoms with Crippen molar-refractivity contribution in [2.75, 3.05) is 0 Å². The van der Waals surface area contributed by atoms with Gasteiger partial charge in [0.05, 0.1) is 0 Å². The third-order valence-corrected chi connectivity index (χ3v) is 1.17. The standard InChI is InChI=1S/2C5H5.C2H6Cl2Si.Hf/c2*1-2-4-5-3-1;1-5(2,3)4;/h2*1-3H,4H2;1-2H3;/q2*-1;;. The Kier molecular flexibility index (Phi) is 14.3. The van der Waals surface area contributed by atoms with Gasteiger partial charge in [0.2, 0.25) is 6.69 Å². The van der Waals surface area contributed by atoms with Gasteiger partial charge in [0.1, 0.15) is 0 Å². The minimum Gasteiger partial charge on any atom is -0.273 e. The zero-order valence-electron chi connectivity index (χ0n) is 9.63. The predicted octanol–water partition coefficient (Wildman–Crippen LogP) is 4.77. The number of allylic oxidation sites excluding steroid dienone is 8. The Bertz CT molecular complexity index is 215. The molecule has 88 valence electrons. The molecule has 16 heavy (non-hydrogen) atoms. The molecule has 0 heterocycles. The fourth-order valence-corrected chi connectivity index (χ4v) is 0.680. The molecule has 0 aromatic heterocycles. The fourth-order valence-electron chi connectivity index (χ4n) is 0.680. The molecule has 2 aliphatic carbocycles. The van der Waals surface area contributed by atoms with Crippen molar-refractivity contribution >= 4 is 28.9 Å². The van der Waals surface area contributed by atoms with E-state index < -0.39 is 6.69 Å². The van der Waals surface area contributed by atoms with Crippen LogP contribution in [-0.2, 0) is 25.8 Å². The van der Waals surface area contributed by atoms with Crippen molar-refractivity contribution in [3.8, 4) is 0 Å². The molecule has 0 atom stereocenters. The van der Waals surface area contributed by atoms with Crippen LogP contribution in [0.1, 0.15) is 12.8 Å². The van der Waals surface area contributed by atoms with Crippen molar-refractivity contribution in [2.24, 2.45) is 0 Å². The number of rotatable bonds is 0. The summed E-state index contributed by atoms with van der Waals surface area (Å²) in [6.45, 7) is 2.05. The van der Waals surface area contributed by atoms with Crippen molar-refractivity contribution in [1.29, 1.82) is 0 Å². The molecular weight excluding hydrogens is 422 g/mol. The summed E-state index contributed by atoms with van der Waals surface area (Å²) in [7, 11) is 0. The Hall–Kier alpha value is 0.627. The first-order valence-electron chi connectivity index (χ1n) is 4.81. The summed E-state index contributed by atoms with van der Waals surface area (Å²) in [6.07, 6.45) is 20.0. The van der Waals surface area contributed by atoms with E-state index in [-0.39, 0.29) is 25.8 Å². The third kappa shape index (κ3) is 24.1. The Morgan fingerprint density at radius 2 is 1.25 bits per heavy atom. The first kappa shape index (κ1) is 19.0. The van der Waals surface area contributed by atoms with E-state index in [0.29, 0.717) is 0 Å². The Balaban J connectivity index is 0. The molecule has 0 spiro atoms. The first-order chi connectivity index (χ1) is 7.00. The molecule has 0 N–H and O–H groups in total. The molecule has 0 aromatic rings. The van der Waals surface area contributed by atoms with Crippen LogP contribution in [0.3, 0.4) is 0 Å². The summed E-state index contributed by atoms with van der Waals surface area (Å²) in [6, 6.07) is 0. The molecular formula is C12H16Cl2HfSi-2. The number of hydrogen-bond acceptors (Lipinski definition) is 0. The van der Waals surface area contributed by atoms with Crippen molar-refractivity contribution in [3.05, 3.63) is 48.6 Å². The van der Waals surface area contributed by atoms with Crippen molar-refractivity contribution in [1.82, 2.24) is 0 Å². The second-order valence-electron chi connectivity index (χ2n) is 3.33. The van der Waals surface area contributed by atoms with Crippen LogP contribution in [-0.4, -0.2) is 6.69 Å². The van der Waals surface area contributed by atoms with Crippen molar-refractivity contribution < 1.29 is 25.8 Å². The molecule has 4 heteroatoms. The molecule has 0 saturated heterocycles. The molecule has 0 radical (unpaired) electrons. The predicted molar refractivity (Wildman–Crippen MR) is 72.3 cm³/mol. The van der Waals surface area contributed by atoms with Gasteiger partial charge in [0.15, 0.2) is 0 Å². The number of halogens is 2. The van der Waals surface area contributed by atoms with Gasteiger partial charge in [0.25, 0.3) is 0 Å². The molecule has 0 aromatic carbocycles. The van der Waals surface area contributed by atoms with Crippen LogP contribution in [0.25, 0.3) is 0 Å². The summed E-state index contributed by atoms with van der Waals surface area (Å²) < 4.78 is 0. The molecule has 0 fully saturated rings. The van der Waals surface area contributed by atoms with Gasteiger partial charge in [-0.1, -0.05) is 0 Å². The summed E-state index contributed by atoms with van der Waals surface area (Å²) in [5.41, 5.74) is 0.